The first-order valence-corrected chi connectivity index (χ1v) is 9.68. The fourth-order valence-electron chi connectivity index (χ4n) is 2.40. The first-order chi connectivity index (χ1) is 8.86. The smallest absolute Gasteiger partial charge is 0.256 e. The van der Waals surface area contributed by atoms with E-state index in [1.165, 1.54) is 0 Å². The molecule has 118 valence electrons. The summed E-state index contributed by atoms with van der Waals surface area (Å²) in [5, 5.41) is 3.75. The lowest BCUT2D eigenvalue weighted by Gasteiger charge is -2.43. The molecule has 20 heavy (non-hydrogen) atoms. The highest BCUT2D eigenvalue weighted by molar-refractivity contribution is 8.02. The van der Waals surface area contributed by atoms with E-state index in [0.29, 0.717) is 13.2 Å². The van der Waals surface area contributed by atoms with Crippen LogP contribution in [-0.4, -0.2) is 29.1 Å². The van der Waals surface area contributed by atoms with Gasteiger partial charge in [0.25, 0.3) is 7.94 Å². The second kappa shape index (κ2) is 5.07. The molecule has 2 aliphatic heterocycles. The number of hydrogen-bond donors (Lipinski definition) is 1. The molecule has 1 N–H and O–H groups in total. The van der Waals surface area contributed by atoms with Crippen LogP contribution in [0.4, 0.5) is 0 Å². The Labute approximate surface area is 128 Å². The van der Waals surface area contributed by atoms with Crippen LogP contribution in [-0.2, 0) is 9.05 Å². The van der Waals surface area contributed by atoms with Gasteiger partial charge in [-0.25, -0.2) is 9.05 Å². The maximum Gasteiger partial charge on any atom is 0.256 e. The fraction of sp³-hybridized carbons (Fsp3) is 1.00. The number of hydrogen-bond acceptors (Lipinski definition) is 5. The minimum absolute atomic E-state index is 0.0623. The maximum atomic E-state index is 13.1. The molecule has 2 saturated heterocycles. The standard InChI is InChI=1S/C14H28NO3PS/c1-12(2,3)11-15-10(14(6,7)20-11)19(16)17-8-13(4,5)9-18-19/h10-11,15H,8-9H2,1-7H3/t10-,11+/m1/s1. The van der Waals surface area contributed by atoms with Gasteiger partial charge in [0.05, 0.1) is 10.1 Å². The van der Waals surface area contributed by atoms with E-state index in [2.05, 4.69) is 53.8 Å². The quantitative estimate of drug-likeness (QED) is 0.753. The van der Waals surface area contributed by atoms with Gasteiger partial charge in [-0.3, -0.25) is 5.32 Å². The van der Waals surface area contributed by atoms with E-state index in [0.717, 1.165) is 0 Å². The molecule has 0 radical (unpaired) electrons. The highest BCUT2D eigenvalue weighted by Crippen LogP contribution is 2.67. The Morgan fingerprint density at radius 1 is 1.15 bits per heavy atom. The summed E-state index contributed by atoms with van der Waals surface area (Å²) < 4.78 is 11.3. The predicted molar refractivity (Wildman–Crippen MR) is 84.4 cm³/mol. The van der Waals surface area contributed by atoms with Gasteiger partial charge in [-0.05, 0) is 19.3 Å². The molecule has 0 unspecified atom stereocenters. The van der Waals surface area contributed by atoms with Crippen molar-refractivity contribution in [2.75, 3.05) is 13.2 Å². The fourth-order valence-corrected chi connectivity index (χ4v) is 6.96. The molecule has 0 aromatic heterocycles. The highest BCUT2D eigenvalue weighted by atomic mass is 32.2. The number of thioether (sulfide) groups is 1. The van der Waals surface area contributed by atoms with E-state index in [1.54, 1.807) is 0 Å². The zero-order valence-electron chi connectivity index (χ0n) is 13.6. The van der Waals surface area contributed by atoms with Crippen molar-refractivity contribution in [3.63, 3.8) is 0 Å². The Bertz CT molecular complexity index is 371. The van der Waals surface area contributed by atoms with E-state index in [-0.39, 0.29) is 26.7 Å². The molecule has 0 saturated carbocycles. The summed E-state index contributed by atoms with van der Waals surface area (Å²) in [6, 6.07) is 0. The molecule has 0 aromatic carbocycles. The first kappa shape index (κ1) is 17.0. The van der Waals surface area contributed by atoms with Crippen LogP contribution in [0.2, 0.25) is 0 Å². The Morgan fingerprint density at radius 3 is 2.05 bits per heavy atom. The van der Waals surface area contributed by atoms with E-state index >= 15 is 0 Å². The third-order valence-electron chi connectivity index (χ3n) is 3.76. The van der Waals surface area contributed by atoms with Gasteiger partial charge in [0.15, 0.2) is 5.78 Å². The van der Waals surface area contributed by atoms with Crippen molar-refractivity contribution in [1.82, 2.24) is 5.32 Å². The molecule has 4 nitrogen and oxygen atoms in total. The molecule has 0 aromatic rings. The third kappa shape index (κ3) is 3.34. The molecule has 0 spiro atoms. The lowest BCUT2D eigenvalue weighted by Crippen LogP contribution is -2.50. The lowest BCUT2D eigenvalue weighted by molar-refractivity contribution is -0.237. The molecule has 2 aliphatic rings. The van der Waals surface area contributed by atoms with Crippen molar-refractivity contribution in [3.8, 4) is 0 Å². The van der Waals surface area contributed by atoms with Gasteiger partial charge in [-0.2, -0.15) is 0 Å². The second-order valence-electron chi connectivity index (χ2n) is 8.29. The van der Waals surface area contributed by atoms with E-state index in [4.69, 9.17) is 9.05 Å². The molecule has 6 heteroatoms. The maximum absolute atomic E-state index is 13.1. The zero-order chi connectivity index (χ0) is 15.4. The van der Waals surface area contributed by atoms with Gasteiger partial charge >= 0.3 is 0 Å². The Hall–Kier alpha value is 0.620. The Kier molecular flexibility index (Phi) is 4.31. The van der Waals surface area contributed by atoms with Gasteiger partial charge in [0.2, 0.25) is 0 Å². The molecular weight excluding hydrogens is 293 g/mol. The molecule has 2 heterocycles. The van der Waals surface area contributed by atoms with Gasteiger partial charge in [0, 0.05) is 5.41 Å². The highest BCUT2D eigenvalue weighted by Gasteiger charge is 2.59. The van der Waals surface area contributed by atoms with Crippen molar-refractivity contribution in [3.05, 3.63) is 0 Å². The van der Waals surface area contributed by atoms with Gasteiger partial charge in [-0.1, -0.05) is 34.6 Å². The Balaban J connectivity index is 2.16. The number of nitrogens with one attached hydrogen (secondary N) is 1. The van der Waals surface area contributed by atoms with E-state index in [1.807, 2.05) is 11.8 Å². The van der Waals surface area contributed by atoms with Crippen molar-refractivity contribution < 1.29 is 13.9 Å². The van der Waals surface area contributed by atoms with Crippen LogP contribution in [0.25, 0.3) is 0 Å². The summed E-state index contributed by atoms with van der Waals surface area (Å²) in [6.45, 7) is 15.9. The second-order valence-corrected chi connectivity index (χ2v) is 12.2. The molecule has 2 atom stereocenters. The summed E-state index contributed by atoms with van der Waals surface area (Å²) in [5.41, 5.74) is 0.0398. The third-order valence-corrected chi connectivity index (χ3v) is 8.26. The van der Waals surface area contributed by atoms with Gasteiger partial charge < -0.3 is 4.89 Å². The summed E-state index contributed by atoms with van der Waals surface area (Å²) in [7, 11) is -3.10. The van der Waals surface area contributed by atoms with Crippen molar-refractivity contribution in [2.24, 2.45) is 10.8 Å². The molecule has 0 aliphatic carbocycles. The van der Waals surface area contributed by atoms with E-state index < -0.39 is 7.94 Å². The van der Waals surface area contributed by atoms with Crippen LogP contribution >= 0.6 is 19.7 Å². The monoisotopic (exact) mass is 321 g/mol. The molecule has 0 amide bonds. The van der Waals surface area contributed by atoms with Crippen LogP contribution < -0.4 is 10.2 Å². The van der Waals surface area contributed by atoms with Crippen LogP contribution in [0.5, 0.6) is 0 Å². The van der Waals surface area contributed by atoms with Crippen molar-refractivity contribution >= 4 is 19.7 Å². The topological polar surface area (TPSA) is 53.5 Å². The SMILES string of the molecule is CC1(C)CO[P+]([O-])([C@H]2N[C@H](C(C)(C)C)SC2(C)C)OC1. The molecule has 0 bridgehead atoms. The average molecular weight is 321 g/mol. The summed E-state index contributed by atoms with van der Waals surface area (Å²) in [6.07, 6.45) is 0. The summed E-state index contributed by atoms with van der Waals surface area (Å²) >= 11 is 1.83. The largest absolute Gasteiger partial charge is 0.630 e. The average Bonchev–Trinajstić information content (AvgIpc) is 2.60. The van der Waals surface area contributed by atoms with Crippen LogP contribution in [0, 0.1) is 10.8 Å². The minimum Gasteiger partial charge on any atom is -0.630 e. The number of rotatable bonds is 1. The zero-order valence-corrected chi connectivity index (χ0v) is 15.4. The molecule has 2 rings (SSSR count). The summed E-state index contributed by atoms with van der Waals surface area (Å²) in [5.74, 6) is -0.250. The first-order valence-electron chi connectivity index (χ1n) is 7.18. The minimum atomic E-state index is -3.10. The molecular formula is C14H28NO3PS. The molecule has 2 fully saturated rings. The van der Waals surface area contributed by atoms with Crippen molar-refractivity contribution in [1.29, 1.82) is 0 Å². The normalized spacial score (nSPS) is 36.0. The Morgan fingerprint density at radius 2 is 1.65 bits per heavy atom. The van der Waals surface area contributed by atoms with Crippen LogP contribution in [0.1, 0.15) is 48.5 Å². The van der Waals surface area contributed by atoms with Gasteiger partial charge in [0.1, 0.15) is 13.2 Å². The lowest BCUT2D eigenvalue weighted by atomic mass is 9.96. The van der Waals surface area contributed by atoms with Crippen LogP contribution in [0.15, 0.2) is 0 Å². The summed E-state index contributed by atoms with van der Waals surface area (Å²) in [4.78, 5) is 13.1. The van der Waals surface area contributed by atoms with Gasteiger partial charge in [-0.15, -0.1) is 11.8 Å². The van der Waals surface area contributed by atoms with E-state index in [9.17, 15) is 4.89 Å². The van der Waals surface area contributed by atoms with Crippen molar-refractivity contribution in [2.45, 2.75) is 64.4 Å². The van der Waals surface area contributed by atoms with Crippen LogP contribution in [0.3, 0.4) is 0 Å². The predicted octanol–water partition coefficient (Wildman–Crippen LogP) is 3.00.